The summed E-state index contributed by atoms with van der Waals surface area (Å²) in [6.45, 7) is 5.15. The number of piperidine rings is 1. The number of hydrogen-bond donors (Lipinski definition) is 1. The second-order valence-corrected chi connectivity index (χ2v) is 6.67. The Kier molecular flexibility index (Phi) is 4.35. The van der Waals surface area contributed by atoms with Crippen LogP contribution in [0.25, 0.3) is 10.9 Å². The van der Waals surface area contributed by atoms with Crippen LogP contribution in [0.15, 0.2) is 23.0 Å². The van der Waals surface area contributed by atoms with Crippen LogP contribution in [0.3, 0.4) is 0 Å². The molecule has 1 N–H and O–H groups in total. The maximum atomic E-state index is 12.2. The first-order valence-corrected chi connectivity index (χ1v) is 8.53. The number of aromatic nitrogens is 1. The first kappa shape index (κ1) is 16.6. The molecule has 0 atom stereocenters. The van der Waals surface area contributed by atoms with Crippen LogP contribution in [0.1, 0.15) is 43.2 Å². The summed E-state index contributed by atoms with van der Waals surface area (Å²) in [6, 6.07) is 5.57. The Hall–Kier alpha value is -2.30. The standard InChI is InChI=1S/C19H24N2O3/c1-4-18(23)21-7-5-13(6-8-21)14-10-16-15(17(22)11-14)9-12(2)19(24)20(16)3/h9-11,13,22H,4-8H2,1-3H3. The molecule has 0 unspecified atom stereocenters. The van der Waals surface area contributed by atoms with Gasteiger partial charge in [0.25, 0.3) is 5.56 Å². The number of fused-ring (bicyclic) bond motifs is 1. The number of nitrogens with zero attached hydrogens (tertiary/aromatic N) is 2. The van der Waals surface area contributed by atoms with E-state index in [0.29, 0.717) is 23.3 Å². The van der Waals surface area contributed by atoms with Crippen molar-refractivity contribution in [2.24, 2.45) is 7.05 Å². The summed E-state index contributed by atoms with van der Waals surface area (Å²) >= 11 is 0. The van der Waals surface area contributed by atoms with Gasteiger partial charge in [0.15, 0.2) is 0 Å². The van der Waals surface area contributed by atoms with Crippen molar-refractivity contribution >= 4 is 16.8 Å². The Morgan fingerprint density at radius 1 is 1.25 bits per heavy atom. The van der Waals surface area contributed by atoms with Gasteiger partial charge in [0.2, 0.25) is 5.91 Å². The van der Waals surface area contributed by atoms with Gasteiger partial charge in [-0.1, -0.05) is 6.92 Å². The van der Waals surface area contributed by atoms with Gasteiger partial charge in [-0.05, 0) is 49.4 Å². The topological polar surface area (TPSA) is 62.5 Å². The quantitative estimate of drug-likeness (QED) is 0.922. The molecule has 1 aliphatic rings. The Labute approximate surface area is 141 Å². The van der Waals surface area contributed by atoms with Crippen LogP contribution in [-0.2, 0) is 11.8 Å². The third-order valence-electron chi connectivity index (χ3n) is 5.14. The van der Waals surface area contributed by atoms with Crippen molar-refractivity contribution in [3.63, 3.8) is 0 Å². The molecule has 1 amide bonds. The number of hydrogen-bond acceptors (Lipinski definition) is 3. The smallest absolute Gasteiger partial charge is 0.253 e. The summed E-state index contributed by atoms with van der Waals surface area (Å²) < 4.78 is 1.60. The van der Waals surface area contributed by atoms with Crippen LogP contribution in [-0.4, -0.2) is 33.6 Å². The largest absolute Gasteiger partial charge is 0.507 e. The fourth-order valence-electron chi connectivity index (χ4n) is 3.64. The van der Waals surface area contributed by atoms with Gasteiger partial charge in [-0.3, -0.25) is 9.59 Å². The SMILES string of the molecule is CCC(=O)N1CCC(c2cc(O)c3cc(C)c(=O)n(C)c3c2)CC1. The van der Waals surface area contributed by atoms with Crippen LogP contribution >= 0.6 is 0 Å². The lowest BCUT2D eigenvalue weighted by Gasteiger charge is -2.32. The summed E-state index contributed by atoms with van der Waals surface area (Å²) in [5.74, 6) is 0.721. The number of aromatic hydroxyl groups is 1. The molecule has 0 radical (unpaired) electrons. The van der Waals surface area contributed by atoms with Gasteiger partial charge in [0.05, 0.1) is 5.52 Å². The summed E-state index contributed by atoms with van der Waals surface area (Å²) in [5, 5.41) is 11.1. The molecule has 0 aliphatic carbocycles. The molecular formula is C19H24N2O3. The highest BCUT2D eigenvalue weighted by Gasteiger charge is 2.24. The van der Waals surface area contributed by atoms with E-state index in [1.54, 1.807) is 24.6 Å². The molecule has 128 valence electrons. The minimum absolute atomic E-state index is 0.0394. The Bertz CT molecular complexity index is 846. The molecule has 24 heavy (non-hydrogen) atoms. The lowest BCUT2D eigenvalue weighted by molar-refractivity contribution is -0.131. The van der Waals surface area contributed by atoms with Crippen molar-refractivity contribution in [2.75, 3.05) is 13.1 Å². The van der Waals surface area contributed by atoms with E-state index in [4.69, 9.17) is 0 Å². The number of aryl methyl sites for hydroxylation is 2. The summed E-state index contributed by atoms with van der Waals surface area (Å²) in [6.07, 6.45) is 2.32. The van der Waals surface area contributed by atoms with Crippen LogP contribution in [0, 0.1) is 6.92 Å². The van der Waals surface area contributed by atoms with Gasteiger partial charge >= 0.3 is 0 Å². The fourth-order valence-corrected chi connectivity index (χ4v) is 3.64. The monoisotopic (exact) mass is 328 g/mol. The highest BCUT2D eigenvalue weighted by atomic mass is 16.3. The number of phenolic OH excluding ortho intramolecular Hbond substituents is 1. The highest BCUT2D eigenvalue weighted by Crippen LogP contribution is 2.34. The molecule has 0 spiro atoms. The number of carbonyl (C=O) groups is 1. The number of benzene rings is 1. The van der Waals surface area contributed by atoms with Gasteiger partial charge in [-0.2, -0.15) is 0 Å². The maximum absolute atomic E-state index is 12.2. The van der Waals surface area contributed by atoms with Crippen molar-refractivity contribution in [2.45, 2.75) is 39.0 Å². The van der Waals surface area contributed by atoms with E-state index < -0.39 is 0 Å². The molecule has 1 fully saturated rings. The molecule has 0 bridgehead atoms. The molecule has 5 heteroatoms. The van der Waals surface area contributed by atoms with Crippen molar-refractivity contribution in [1.82, 2.24) is 9.47 Å². The first-order chi connectivity index (χ1) is 11.4. The predicted molar refractivity (Wildman–Crippen MR) is 94.4 cm³/mol. The number of pyridine rings is 1. The van der Waals surface area contributed by atoms with Crippen LogP contribution in [0.4, 0.5) is 0 Å². The van der Waals surface area contributed by atoms with Crippen molar-refractivity contribution in [3.8, 4) is 5.75 Å². The van der Waals surface area contributed by atoms with Crippen LogP contribution in [0.5, 0.6) is 5.75 Å². The third kappa shape index (κ3) is 2.79. The Morgan fingerprint density at radius 2 is 1.92 bits per heavy atom. The van der Waals surface area contributed by atoms with E-state index >= 15 is 0 Å². The lowest BCUT2D eigenvalue weighted by Crippen LogP contribution is -2.37. The molecule has 1 saturated heterocycles. The van der Waals surface area contributed by atoms with E-state index in [9.17, 15) is 14.7 Å². The third-order valence-corrected chi connectivity index (χ3v) is 5.14. The summed E-state index contributed by atoms with van der Waals surface area (Å²) in [5.41, 5.74) is 2.39. The minimum atomic E-state index is -0.0394. The number of carbonyl (C=O) groups excluding carboxylic acids is 1. The average molecular weight is 328 g/mol. The van der Waals surface area contributed by atoms with Crippen molar-refractivity contribution in [3.05, 3.63) is 39.7 Å². The van der Waals surface area contributed by atoms with E-state index in [2.05, 4.69) is 0 Å². The number of amides is 1. The molecular weight excluding hydrogens is 304 g/mol. The van der Waals surface area contributed by atoms with E-state index in [-0.39, 0.29) is 17.2 Å². The van der Waals surface area contributed by atoms with Crippen molar-refractivity contribution in [1.29, 1.82) is 0 Å². The maximum Gasteiger partial charge on any atom is 0.253 e. The van der Waals surface area contributed by atoms with Gasteiger partial charge in [-0.25, -0.2) is 0 Å². The molecule has 2 heterocycles. The van der Waals surface area contributed by atoms with Gasteiger partial charge in [0.1, 0.15) is 5.75 Å². The fraction of sp³-hybridized carbons (Fsp3) is 0.474. The molecule has 0 saturated carbocycles. The van der Waals surface area contributed by atoms with Crippen LogP contribution in [0.2, 0.25) is 0 Å². The Balaban J connectivity index is 1.94. The van der Waals surface area contributed by atoms with Gasteiger partial charge in [0, 0.05) is 37.5 Å². The summed E-state index contributed by atoms with van der Waals surface area (Å²) in [7, 11) is 1.74. The van der Waals surface area contributed by atoms with E-state index in [1.165, 1.54) is 0 Å². The lowest BCUT2D eigenvalue weighted by atomic mass is 9.88. The zero-order valence-electron chi connectivity index (χ0n) is 14.5. The second-order valence-electron chi connectivity index (χ2n) is 6.67. The molecule has 5 nitrogen and oxygen atoms in total. The number of likely N-dealkylation sites (tertiary alicyclic amines) is 1. The highest BCUT2D eigenvalue weighted by molar-refractivity contribution is 5.86. The Morgan fingerprint density at radius 3 is 2.54 bits per heavy atom. The van der Waals surface area contributed by atoms with Crippen molar-refractivity contribution < 1.29 is 9.90 Å². The predicted octanol–water partition coefficient (Wildman–Crippen LogP) is 2.67. The number of rotatable bonds is 2. The average Bonchev–Trinajstić information content (AvgIpc) is 2.60. The van der Waals surface area contributed by atoms with Gasteiger partial charge < -0.3 is 14.6 Å². The normalized spacial score (nSPS) is 15.9. The first-order valence-electron chi connectivity index (χ1n) is 8.53. The van der Waals surface area contributed by atoms with Gasteiger partial charge in [-0.15, -0.1) is 0 Å². The molecule has 2 aromatic rings. The summed E-state index contributed by atoms with van der Waals surface area (Å²) in [4.78, 5) is 25.9. The van der Waals surface area contributed by atoms with E-state index in [0.717, 1.165) is 37.0 Å². The molecule has 1 aromatic carbocycles. The molecule has 3 rings (SSSR count). The minimum Gasteiger partial charge on any atom is -0.507 e. The molecule has 1 aromatic heterocycles. The van der Waals surface area contributed by atoms with Crippen LogP contribution < -0.4 is 5.56 Å². The zero-order chi connectivity index (χ0) is 17.4. The zero-order valence-corrected chi connectivity index (χ0v) is 14.5. The molecule has 1 aliphatic heterocycles. The van der Waals surface area contributed by atoms with E-state index in [1.807, 2.05) is 24.0 Å². The number of phenols is 1. The second kappa shape index (κ2) is 6.30.